The number of carbonyl (C=O) groups is 2. The molecule has 1 unspecified atom stereocenters. The number of nitrogens with one attached hydrogen (secondary N) is 2. The fourth-order valence-corrected chi connectivity index (χ4v) is 2.40. The number of amides is 2. The molecule has 0 bridgehead atoms. The van der Waals surface area contributed by atoms with Crippen LogP contribution in [-0.2, 0) is 4.79 Å². The normalized spacial score (nSPS) is 13.5. The summed E-state index contributed by atoms with van der Waals surface area (Å²) < 4.78 is 10.4. The second kappa shape index (κ2) is 8.41. The summed E-state index contributed by atoms with van der Waals surface area (Å²) in [5, 5.41) is 5.50. The molecule has 0 aliphatic carbocycles. The summed E-state index contributed by atoms with van der Waals surface area (Å²) in [6.07, 6.45) is 4.38. The summed E-state index contributed by atoms with van der Waals surface area (Å²) in [5.41, 5.74) is 0.443. The van der Waals surface area contributed by atoms with Gasteiger partial charge in [0.05, 0.1) is 6.54 Å². The predicted molar refractivity (Wildman–Crippen MR) is 86.6 cm³/mol. The van der Waals surface area contributed by atoms with Gasteiger partial charge >= 0.3 is 0 Å². The van der Waals surface area contributed by atoms with Crippen molar-refractivity contribution in [1.29, 1.82) is 0 Å². The van der Waals surface area contributed by atoms with Crippen LogP contribution < -0.4 is 20.1 Å². The number of unbranched alkanes of at least 4 members (excludes halogenated alkanes) is 2. The molecule has 1 atom stereocenters. The van der Waals surface area contributed by atoms with E-state index in [9.17, 15) is 9.59 Å². The van der Waals surface area contributed by atoms with E-state index < -0.39 is 0 Å². The second-order valence-electron chi connectivity index (χ2n) is 5.72. The highest BCUT2D eigenvalue weighted by molar-refractivity contribution is 5.97. The second-order valence-corrected chi connectivity index (χ2v) is 5.72. The fourth-order valence-electron chi connectivity index (χ4n) is 2.40. The zero-order chi connectivity index (χ0) is 16.7. The van der Waals surface area contributed by atoms with E-state index in [2.05, 4.69) is 17.6 Å². The molecule has 2 rings (SSSR count). The maximum Gasteiger partial charge on any atom is 0.251 e. The van der Waals surface area contributed by atoms with Crippen molar-refractivity contribution in [3.8, 4) is 11.5 Å². The van der Waals surface area contributed by atoms with Gasteiger partial charge in [0.1, 0.15) is 0 Å². The van der Waals surface area contributed by atoms with Crippen molar-refractivity contribution in [2.24, 2.45) is 0 Å². The summed E-state index contributed by atoms with van der Waals surface area (Å²) in [6, 6.07) is 5.07. The maximum absolute atomic E-state index is 12.1. The molecular formula is C17H24N2O4. The predicted octanol–water partition coefficient (Wildman–Crippen LogP) is 2.23. The van der Waals surface area contributed by atoms with Crippen molar-refractivity contribution >= 4 is 11.8 Å². The maximum atomic E-state index is 12.1. The van der Waals surface area contributed by atoms with Gasteiger partial charge in [-0.2, -0.15) is 0 Å². The summed E-state index contributed by atoms with van der Waals surface area (Å²) in [5.74, 6) is 0.687. The molecule has 6 heteroatoms. The lowest BCUT2D eigenvalue weighted by molar-refractivity contribution is -0.120. The third-order valence-corrected chi connectivity index (χ3v) is 3.69. The lowest BCUT2D eigenvalue weighted by atomic mass is 10.1. The van der Waals surface area contributed by atoms with Crippen molar-refractivity contribution in [3.63, 3.8) is 0 Å². The van der Waals surface area contributed by atoms with E-state index in [1.54, 1.807) is 18.2 Å². The first-order valence-electron chi connectivity index (χ1n) is 8.07. The van der Waals surface area contributed by atoms with Crippen molar-refractivity contribution < 1.29 is 19.1 Å². The van der Waals surface area contributed by atoms with Gasteiger partial charge < -0.3 is 20.1 Å². The minimum atomic E-state index is -0.308. The Morgan fingerprint density at radius 1 is 1.22 bits per heavy atom. The van der Waals surface area contributed by atoms with Crippen molar-refractivity contribution in [3.05, 3.63) is 23.8 Å². The molecule has 6 nitrogen and oxygen atoms in total. The number of hydrogen-bond donors (Lipinski definition) is 2. The van der Waals surface area contributed by atoms with Crippen LogP contribution in [0.4, 0.5) is 0 Å². The Balaban J connectivity index is 1.74. The Morgan fingerprint density at radius 3 is 2.78 bits per heavy atom. The SMILES string of the molecule is CCCCCC(C)NC(=O)CNC(=O)c1ccc2c(c1)OCO2. The van der Waals surface area contributed by atoms with Gasteiger partial charge in [0, 0.05) is 11.6 Å². The van der Waals surface area contributed by atoms with E-state index in [0.717, 1.165) is 19.3 Å². The van der Waals surface area contributed by atoms with E-state index in [0.29, 0.717) is 17.1 Å². The Labute approximate surface area is 136 Å². The van der Waals surface area contributed by atoms with Gasteiger partial charge in [0.15, 0.2) is 11.5 Å². The van der Waals surface area contributed by atoms with E-state index in [1.807, 2.05) is 6.92 Å². The summed E-state index contributed by atoms with van der Waals surface area (Å²) in [4.78, 5) is 23.9. The molecule has 126 valence electrons. The Bertz CT molecular complexity index is 560. The monoisotopic (exact) mass is 320 g/mol. The fraction of sp³-hybridized carbons (Fsp3) is 0.529. The van der Waals surface area contributed by atoms with Gasteiger partial charge in [-0.3, -0.25) is 9.59 Å². The summed E-state index contributed by atoms with van der Waals surface area (Å²) in [7, 11) is 0. The Morgan fingerprint density at radius 2 is 2.00 bits per heavy atom. The van der Waals surface area contributed by atoms with Crippen LogP contribution >= 0.6 is 0 Å². The number of carbonyl (C=O) groups excluding carboxylic acids is 2. The molecule has 0 fully saturated rings. The van der Waals surface area contributed by atoms with E-state index in [1.165, 1.54) is 6.42 Å². The van der Waals surface area contributed by atoms with Crippen LogP contribution in [0.3, 0.4) is 0 Å². The molecule has 1 aromatic rings. The van der Waals surface area contributed by atoms with Crippen molar-refractivity contribution in [2.75, 3.05) is 13.3 Å². The number of ether oxygens (including phenoxy) is 2. The van der Waals surface area contributed by atoms with E-state index >= 15 is 0 Å². The molecule has 0 aromatic heterocycles. The van der Waals surface area contributed by atoms with Gasteiger partial charge in [-0.05, 0) is 31.5 Å². The molecule has 2 N–H and O–H groups in total. The highest BCUT2D eigenvalue weighted by Gasteiger charge is 2.16. The van der Waals surface area contributed by atoms with Gasteiger partial charge in [-0.25, -0.2) is 0 Å². The van der Waals surface area contributed by atoms with E-state index in [4.69, 9.17) is 9.47 Å². The number of benzene rings is 1. The van der Waals surface area contributed by atoms with Crippen molar-refractivity contribution in [2.45, 2.75) is 45.6 Å². The smallest absolute Gasteiger partial charge is 0.251 e. The molecule has 0 spiro atoms. The largest absolute Gasteiger partial charge is 0.454 e. The minimum absolute atomic E-state index is 0.0363. The minimum Gasteiger partial charge on any atom is -0.454 e. The molecule has 1 aliphatic heterocycles. The molecule has 0 saturated heterocycles. The molecule has 1 heterocycles. The first kappa shape index (κ1) is 17.1. The Hall–Kier alpha value is -2.24. The number of hydrogen-bond acceptors (Lipinski definition) is 4. The number of rotatable bonds is 8. The quantitative estimate of drug-likeness (QED) is 0.720. The Kier molecular flexibility index (Phi) is 6.26. The van der Waals surface area contributed by atoms with Gasteiger partial charge in [-0.15, -0.1) is 0 Å². The molecule has 1 aliphatic rings. The molecular weight excluding hydrogens is 296 g/mol. The molecule has 1 aromatic carbocycles. The summed E-state index contributed by atoms with van der Waals surface area (Å²) >= 11 is 0. The van der Waals surface area contributed by atoms with Gasteiger partial charge in [0.25, 0.3) is 5.91 Å². The van der Waals surface area contributed by atoms with Gasteiger partial charge in [-0.1, -0.05) is 26.2 Å². The van der Waals surface area contributed by atoms with Crippen molar-refractivity contribution in [1.82, 2.24) is 10.6 Å². The van der Waals surface area contributed by atoms with Crippen LogP contribution in [0.25, 0.3) is 0 Å². The zero-order valence-electron chi connectivity index (χ0n) is 13.7. The third-order valence-electron chi connectivity index (χ3n) is 3.69. The highest BCUT2D eigenvalue weighted by Crippen LogP contribution is 2.32. The third kappa shape index (κ3) is 5.16. The first-order valence-corrected chi connectivity index (χ1v) is 8.07. The standard InChI is InChI=1S/C17H24N2O4/c1-3-4-5-6-12(2)19-16(20)10-18-17(21)13-7-8-14-15(9-13)23-11-22-14/h7-9,12H,3-6,10-11H2,1-2H3,(H,18,21)(H,19,20). The highest BCUT2D eigenvalue weighted by atomic mass is 16.7. The summed E-state index contributed by atoms with van der Waals surface area (Å²) in [6.45, 7) is 4.26. The first-order chi connectivity index (χ1) is 11.1. The molecule has 23 heavy (non-hydrogen) atoms. The lowest BCUT2D eigenvalue weighted by Gasteiger charge is -2.14. The van der Waals surface area contributed by atoms with Crippen LogP contribution in [0.5, 0.6) is 11.5 Å². The molecule has 0 radical (unpaired) electrons. The topological polar surface area (TPSA) is 76.7 Å². The van der Waals surface area contributed by atoms with Crippen LogP contribution in [0.1, 0.15) is 49.9 Å². The van der Waals surface area contributed by atoms with E-state index in [-0.39, 0.29) is 31.2 Å². The van der Waals surface area contributed by atoms with Crippen LogP contribution in [0, 0.1) is 0 Å². The van der Waals surface area contributed by atoms with Crippen LogP contribution in [0.15, 0.2) is 18.2 Å². The van der Waals surface area contributed by atoms with Crippen LogP contribution in [0.2, 0.25) is 0 Å². The number of fused-ring (bicyclic) bond motifs is 1. The zero-order valence-corrected chi connectivity index (χ0v) is 13.7. The lowest BCUT2D eigenvalue weighted by Crippen LogP contribution is -2.40. The molecule has 2 amide bonds. The van der Waals surface area contributed by atoms with Crippen LogP contribution in [-0.4, -0.2) is 31.2 Å². The molecule has 0 saturated carbocycles. The average molecular weight is 320 g/mol. The van der Waals surface area contributed by atoms with Gasteiger partial charge in [0.2, 0.25) is 12.7 Å². The average Bonchev–Trinajstić information content (AvgIpc) is 3.00.